The zero-order valence-electron chi connectivity index (χ0n) is 22.3. The molecule has 0 saturated heterocycles. The molecule has 3 heterocycles. The predicted molar refractivity (Wildman–Crippen MR) is 144 cm³/mol. The Morgan fingerprint density at radius 2 is 1.90 bits per heavy atom. The van der Waals surface area contributed by atoms with Crippen LogP contribution in [0.2, 0.25) is 5.02 Å². The minimum Gasteiger partial charge on any atom is -0.349 e. The molecule has 0 aliphatic heterocycles. The number of halogens is 4. The van der Waals surface area contributed by atoms with Crippen molar-refractivity contribution in [2.75, 3.05) is 5.32 Å². The number of hydrogen-bond acceptors (Lipinski definition) is 6. The number of nitrogens with zero attached hydrogens (tertiary/aromatic N) is 6. The summed E-state index contributed by atoms with van der Waals surface area (Å²) in [7, 11) is 0. The fourth-order valence-electron chi connectivity index (χ4n) is 4.50. The van der Waals surface area contributed by atoms with E-state index in [1.165, 1.54) is 16.9 Å². The van der Waals surface area contributed by atoms with Crippen molar-refractivity contribution in [2.24, 2.45) is 5.92 Å². The molecule has 1 atom stereocenters. The second kappa shape index (κ2) is 11.0. The first-order chi connectivity index (χ1) is 19.4. The van der Waals surface area contributed by atoms with Gasteiger partial charge in [0.25, 0.3) is 11.8 Å². The van der Waals surface area contributed by atoms with E-state index in [0.717, 1.165) is 23.2 Å². The molecule has 2 amide bonds. The maximum Gasteiger partial charge on any atom is 0.436 e. The summed E-state index contributed by atoms with van der Waals surface area (Å²) in [5.41, 5.74) is 1.17. The number of aromatic nitrogens is 6. The molecule has 41 heavy (non-hydrogen) atoms. The van der Waals surface area contributed by atoms with Crippen LogP contribution >= 0.6 is 11.6 Å². The fraction of sp³-hybridized carbons (Fsp3) is 0.333. The summed E-state index contributed by atoms with van der Waals surface area (Å²) in [6.07, 6.45) is -0.465. The Morgan fingerprint density at radius 1 is 1.15 bits per heavy atom. The number of benzene rings is 1. The second-order valence-corrected chi connectivity index (χ2v) is 10.5. The zero-order chi connectivity index (χ0) is 29.5. The predicted octanol–water partition coefficient (Wildman–Crippen LogP) is 4.98. The van der Waals surface area contributed by atoms with Crippen molar-refractivity contribution >= 4 is 29.1 Å². The van der Waals surface area contributed by atoms with Gasteiger partial charge < -0.3 is 10.6 Å². The second-order valence-electron chi connectivity index (χ2n) is 10.1. The average Bonchev–Trinajstić information content (AvgIpc) is 3.51. The summed E-state index contributed by atoms with van der Waals surface area (Å²) >= 11 is 6.34. The Bertz CT molecular complexity index is 1630. The largest absolute Gasteiger partial charge is 0.436 e. The molecule has 0 bridgehead atoms. The Kier molecular flexibility index (Phi) is 7.56. The summed E-state index contributed by atoms with van der Waals surface area (Å²) in [6.45, 7) is 5.34. The van der Waals surface area contributed by atoms with E-state index in [1.54, 1.807) is 25.1 Å². The topological polar surface area (TPSA) is 120 Å². The van der Waals surface area contributed by atoms with Crippen LogP contribution in [0.15, 0.2) is 42.7 Å². The molecule has 5 rings (SSSR count). The number of carbonyl (C=O) groups is 2. The van der Waals surface area contributed by atoms with E-state index < -0.39 is 17.8 Å². The lowest BCUT2D eigenvalue weighted by Crippen LogP contribution is -2.35. The number of amides is 2. The molecule has 14 heteroatoms. The van der Waals surface area contributed by atoms with Gasteiger partial charge in [0.05, 0.1) is 28.2 Å². The number of anilines is 1. The van der Waals surface area contributed by atoms with Crippen LogP contribution in [0.3, 0.4) is 0 Å². The summed E-state index contributed by atoms with van der Waals surface area (Å²) in [4.78, 5) is 32.0. The minimum absolute atomic E-state index is 0.00377. The number of hydrogen-bond donors (Lipinski definition) is 2. The molecule has 3 aromatic heterocycles. The minimum atomic E-state index is -4.66. The van der Waals surface area contributed by atoms with Gasteiger partial charge in [-0.2, -0.15) is 28.2 Å². The van der Waals surface area contributed by atoms with Crippen LogP contribution in [0, 0.1) is 19.8 Å². The molecule has 0 radical (unpaired) electrons. The molecular weight excluding hydrogens is 561 g/mol. The van der Waals surface area contributed by atoms with Crippen molar-refractivity contribution in [1.29, 1.82) is 0 Å². The number of carbonyl (C=O) groups excluding carboxylic acids is 2. The van der Waals surface area contributed by atoms with Crippen LogP contribution in [0.4, 0.5) is 18.9 Å². The molecule has 214 valence electrons. The van der Waals surface area contributed by atoms with Gasteiger partial charge >= 0.3 is 6.18 Å². The lowest BCUT2D eigenvalue weighted by molar-refractivity contribution is -0.141. The van der Waals surface area contributed by atoms with Gasteiger partial charge in [0.2, 0.25) is 0 Å². The van der Waals surface area contributed by atoms with Crippen molar-refractivity contribution in [3.05, 3.63) is 81.5 Å². The molecule has 1 aromatic carbocycles. The molecule has 4 aromatic rings. The Morgan fingerprint density at radius 3 is 2.56 bits per heavy atom. The number of alkyl halides is 3. The van der Waals surface area contributed by atoms with Gasteiger partial charge in [-0.05, 0) is 74.9 Å². The lowest BCUT2D eigenvalue weighted by Gasteiger charge is -2.18. The monoisotopic (exact) mass is 586 g/mol. The first-order valence-corrected chi connectivity index (χ1v) is 13.2. The zero-order valence-corrected chi connectivity index (χ0v) is 23.1. The summed E-state index contributed by atoms with van der Waals surface area (Å²) in [5.74, 6) is -0.369. The van der Waals surface area contributed by atoms with Crippen molar-refractivity contribution < 1.29 is 22.8 Å². The highest BCUT2D eigenvalue weighted by Gasteiger charge is 2.34. The molecule has 1 aliphatic carbocycles. The maximum atomic E-state index is 13.7. The highest BCUT2D eigenvalue weighted by molar-refractivity contribution is 6.32. The lowest BCUT2D eigenvalue weighted by atomic mass is 10.0. The van der Waals surface area contributed by atoms with E-state index >= 15 is 0 Å². The highest BCUT2D eigenvalue weighted by Crippen LogP contribution is 2.33. The Labute approximate surface area is 237 Å². The Hall–Kier alpha value is -4.26. The third-order valence-corrected chi connectivity index (χ3v) is 7.01. The van der Waals surface area contributed by atoms with Crippen LogP contribution in [-0.2, 0) is 12.7 Å². The van der Waals surface area contributed by atoms with E-state index in [-0.39, 0.29) is 40.7 Å². The maximum absolute atomic E-state index is 13.7. The van der Waals surface area contributed by atoms with Gasteiger partial charge in [-0.1, -0.05) is 17.7 Å². The molecule has 10 nitrogen and oxygen atoms in total. The van der Waals surface area contributed by atoms with Crippen LogP contribution in [0.1, 0.15) is 63.1 Å². The average molecular weight is 587 g/mol. The van der Waals surface area contributed by atoms with Gasteiger partial charge in [0, 0.05) is 12.2 Å². The van der Waals surface area contributed by atoms with Crippen LogP contribution in [0.25, 0.3) is 5.82 Å². The van der Waals surface area contributed by atoms with Crippen LogP contribution < -0.4 is 10.6 Å². The molecule has 1 aliphatic rings. The van der Waals surface area contributed by atoms with Gasteiger partial charge in [0.15, 0.2) is 11.5 Å². The molecule has 1 unspecified atom stereocenters. The molecule has 1 fully saturated rings. The Balaban J connectivity index is 1.49. The van der Waals surface area contributed by atoms with Gasteiger partial charge in [-0.3, -0.25) is 9.59 Å². The van der Waals surface area contributed by atoms with Crippen molar-refractivity contribution in [1.82, 2.24) is 35.1 Å². The first kappa shape index (κ1) is 28.3. The van der Waals surface area contributed by atoms with Gasteiger partial charge in [-0.25, -0.2) is 9.67 Å². The van der Waals surface area contributed by atoms with E-state index in [2.05, 4.69) is 30.9 Å². The number of rotatable bonds is 8. The van der Waals surface area contributed by atoms with Crippen molar-refractivity contribution in [2.45, 2.75) is 52.4 Å². The van der Waals surface area contributed by atoms with E-state index in [1.807, 2.05) is 19.9 Å². The highest BCUT2D eigenvalue weighted by atomic mass is 35.5. The van der Waals surface area contributed by atoms with Crippen molar-refractivity contribution in [3.8, 4) is 5.82 Å². The number of nitrogens with one attached hydrogen (secondary N) is 2. The standard InChI is InChI=1S/C27H26ClF3N8O2/c1-14-9-15(2)23(19(10-14)25(40)34-16(3)17-6-7-17)35-26(41)21-11-18(13-38-33-12-22(37-38)27(29,30)31)36-39(21)24-20(28)5-4-8-32-24/h4-5,8-12,16-17H,6-7,13H2,1-3H3,(H,34,40)(H,35,41). The summed E-state index contributed by atoms with van der Waals surface area (Å²) in [6, 6.07) is 8.09. The van der Waals surface area contributed by atoms with E-state index in [9.17, 15) is 22.8 Å². The number of pyridine rings is 1. The third-order valence-electron chi connectivity index (χ3n) is 6.71. The smallest absolute Gasteiger partial charge is 0.349 e. The van der Waals surface area contributed by atoms with Crippen LogP contribution in [0.5, 0.6) is 0 Å². The molecule has 2 N–H and O–H groups in total. The summed E-state index contributed by atoms with van der Waals surface area (Å²) in [5, 5.41) is 17.5. The third kappa shape index (κ3) is 6.24. The van der Waals surface area contributed by atoms with E-state index in [4.69, 9.17) is 11.6 Å². The van der Waals surface area contributed by atoms with E-state index in [0.29, 0.717) is 28.9 Å². The first-order valence-electron chi connectivity index (χ1n) is 12.8. The molecule has 0 spiro atoms. The fourth-order valence-corrected chi connectivity index (χ4v) is 4.70. The quantitative estimate of drug-likeness (QED) is 0.301. The van der Waals surface area contributed by atoms with Gasteiger partial charge in [-0.15, -0.1) is 5.10 Å². The SMILES string of the molecule is Cc1cc(C)c(NC(=O)c2cc(Cn3ncc(C(F)(F)F)n3)nn2-c2ncccc2Cl)c(C(=O)NC(C)C2CC2)c1. The molecule has 1 saturated carbocycles. The molecular formula is C27H26ClF3N8O2. The normalized spacial score (nSPS) is 14.1. The van der Waals surface area contributed by atoms with Crippen molar-refractivity contribution in [3.63, 3.8) is 0 Å². The van der Waals surface area contributed by atoms with Crippen LogP contribution in [-0.4, -0.2) is 47.6 Å². The van der Waals surface area contributed by atoms with Gasteiger partial charge in [0.1, 0.15) is 12.2 Å². The number of aryl methyl sites for hydroxylation is 2. The summed E-state index contributed by atoms with van der Waals surface area (Å²) < 4.78 is 40.2.